The molecule has 4 heteroatoms. The van der Waals surface area contributed by atoms with Crippen LogP contribution in [0.3, 0.4) is 0 Å². The van der Waals surface area contributed by atoms with Gasteiger partial charge in [0, 0.05) is 12.6 Å². The summed E-state index contributed by atoms with van der Waals surface area (Å²) in [5.74, 6) is 0.877. The maximum absolute atomic E-state index is 9.36. The van der Waals surface area contributed by atoms with E-state index in [9.17, 15) is 5.11 Å². The number of aromatic hydroxyl groups is 1. The minimum atomic E-state index is 0.214. The molecule has 1 N–H and O–H groups in total. The van der Waals surface area contributed by atoms with Crippen molar-refractivity contribution in [1.29, 1.82) is 0 Å². The van der Waals surface area contributed by atoms with Gasteiger partial charge in [0.15, 0.2) is 0 Å². The predicted octanol–water partition coefficient (Wildman–Crippen LogP) is 2.75. The minimum absolute atomic E-state index is 0.214. The van der Waals surface area contributed by atoms with E-state index in [2.05, 4.69) is 25.0 Å². The Bertz CT molecular complexity index is 520. The lowest BCUT2D eigenvalue weighted by molar-refractivity contribution is 0.291. The molecule has 0 saturated carbocycles. The first-order valence-corrected chi connectivity index (χ1v) is 6.20. The van der Waals surface area contributed by atoms with Crippen molar-refractivity contribution in [1.82, 2.24) is 9.78 Å². The number of nitrogens with zero attached hydrogens (tertiary/aromatic N) is 2. The fourth-order valence-corrected chi connectivity index (χ4v) is 1.81. The number of rotatable bonds is 5. The second-order valence-electron chi connectivity index (χ2n) is 4.08. The van der Waals surface area contributed by atoms with Crippen molar-refractivity contribution in [2.24, 2.45) is 0 Å². The molecule has 0 aliphatic carbocycles. The second-order valence-corrected chi connectivity index (χ2v) is 4.08. The van der Waals surface area contributed by atoms with E-state index in [4.69, 9.17) is 4.74 Å². The molecule has 0 spiro atoms. The molecule has 1 heterocycles. The summed E-state index contributed by atoms with van der Waals surface area (Å²) in [5.41, 5.74) is 2.13. The molecule has 0 aliphatic heterocycles. The van der Waals surface area contributed by atoms with Crippen molar-refractivity contribution in [3.63, 3.8) is 0 Å². The van der Waals surface area contributed by atoms with E-state index in [0.717, 1.165) is 24.4 Å². The van der Waals surface area contributed by atoms with Crippen LogP contribution in [-0.2, 0) is 19.6 Å². The highest BCUT2D eigenvalue weighted by Gasteiger charge is 2.06. The van der Waals surface area contributed by atoms with Gasteiger partial charge in [-0.15, -0.1) is 0 Å². The van der Waals surface area contributed by atoms with Crippen LogP contribution >= 0.6 is 0 Å². The molecule has 0 fully saturated rings. The first-order chi connectivity index (χ1) is 8.72. The van der Waals surface area contributed by atoms with Crippen molar-refractivity contribution < 1.29 is 9.84 Å². The number of aromatic nitrogens is 2. The highest BCUT2D eigenvalue weighted by atomic mass is 16.5. The number of hydrogen-bond acceptors (Lipinski definition) is 3. The number of ether oxygens (including phenoxy) is 1. The summed E-state index contributed by atoms with van der Waals surface area (Å²) >= 11 is 0. The standard InChI is InChI=1S/C14H18N2O2/c1-3-11-8-12(16(4-2)15-11)10-18-14-7-5-6-13(17)9-14/h5-9,17H,3-4,10H2,1-2H3. The largest absolute Gasteiger partial charge is 0.508 e. The van der Waals surface area contributed by atoms with E-state index in [1.165, 1.54) is 0 Å². The fourth-order valence-electron chi connectivity index (χ4n) is 1.81. The van der Waals surface area contributed by atoms with Crippen molar-refractivity contribution in [3.05, 3.63) is 41.7 Å². The van der Waals surface area contributed by atoms with Crippen LogP contribution in [0.5, 0.6) is 11.5 Å². The Morgan fingerprint density at radius 3 is 2.78 bits per heavy atom. The summed E-state index contributed by atoms with van der Waals surface area (Å²) in [6.45, 7) is 5.44. The van der Waals surface area contributed by atoms with Crippen LogP contribution < -0.4 is 4.74 Å². The van der Waals surface area contributed by atoms with Gasteiger partial charge in [0.25, 0.3) is 0 Å². The first kappa shape index (κ1) is 12.5. The average molecular weight is 246 g/mol. The molecule has 4 nitrogen and oxygen atoms in total. The Kier molecular flexibility index (Phi) is 3.87. The summed E-state index contributed by atoms with van der Waals surface area (Å²) < 4.78 is 7.60. The fraction of sp³-hybridized carbons (Fsp3) is 0.357. The Morgan fingerprint density at radius 2 is 2.11 bits per heavy atom. The van der Waals surface area contributed by atoms with Gasteiger partial charge in [-0.25, -0.2) is 0 Å². The van der Waals surface area contributed by atoms with Crippen LogP contribution in [0.4, 0.5) is 0 Å². The molecular formula is C14H18N2O2. The summed E-state index contributed by atoms with van der Waals surface area (Å²) in [6.07, 6.45) is 0.923. The summed E-state index contributed by atoms with van der Waals surface area (Å²) in [7, 11) is 0. The first-order valence-electron chi connectivity index (χ1n) is 6.20. The third-order valence-electron chi connectivity index (χ3n) is 2.78. The minimum Gasteiger partial charge on any atom is -0.508 e. The molecule has 0 bridgehead atoms. The lowest BCUT2D eigenvalue weighted by atomic mass is 10.3. The molecule has 2 aromatic rings. The summed E-state index contributed by atoms with van der Waals surface area (Å²) in [5, 5.41) is 13.8. The zero-order chi connectivity index (χ0) is 13.0. The van der Waals surface area contributed by atoms with Gasteiger partial charge in [-0.3, -0.25) is 4.68 Å². The van der Waals surface area contributed by atoms with Gasteiger partial charge < -0.3 is 9.84 Å². The van der Waals surface area contributed by atoms with Gasteiger partial charge in [-0.1, -0.05) is 13.0 Å². The maximum atomic E-state index is 9.36. The monoisotopic (exact) mass is 246 g/mol. The number of aryl methyl sites for hydroxylation is 2. The van der Waals surface area contributed by atoms with Crippen LogP contribution in [0.15, 0.2) is 30.3 Å². The van der Waals surface area contributed by atoms with Crippen LogP contribution in [0.1, 0.15) is 25.2 Å². The third-order valence-corrected chi connectivity index (χ3v) is 2.78. The highest BCUT2D eigenvalue weighted by Crippen LogP contribution is 2.19. The maximum Gasteiger partial charge on any atom is 0.130 e. The van der Waals surface area contributed by atoms with E-state index >= 15 is 0 Å². The molecule has 0 amide bonds. The number of benzene rings is 1. The number of hydrogen-bond donors (Lipinski definition) is 1. The van der Waals surface area contributed by atoms with Gasteiger partial charge in [-0.2, -0.15) is 5.10 Å². The van der Waals surface area contributed by atoms with E-state index < -0.39 is 0 Å². The van der Waals surface area contributed by atoms with Gasteiger partial charge in [0.05, 0.1) is 11.4 Å². The SMILES string of the molecule is CCc1cc(COc2cccc(O)c2)n(CC)n1. The van der Waals surface area contributed by atoms with Crippen molar-refractivity contribution in [2.75, 3.05) is 0 Å². The Hall–Kier alpha value is -1.97. The molecule has 1 aromatic heterocycles. The Balaban J connectivity index is 2.07. The lowest BCUT2D eigenvalue weighted by Gasteiger charge is -2.07. The Morgan fingerprint density at radius 1 is 1.28 bits per heavy atom. The summed E-state index contributed by atoms with van der Waals surface area (Å²) in [6, 6.07) is 8.88. The van der Waals surface area contributed by atoms with Crippen molar-refractivity contribution in [3.8, 4) is 11.5 Å². The van der Waals surface area contributed by atoms with Crippen molar-refractivity contribution >= 4 is 0 Å². The molecular weight excluding hydrogens is 228 g/mol. The zero-order valence-electron chi connectivity index (χ0n) is 10.8. The van der Waals surface area contributed by atoms with Gasteiger partial charge in [-0.05, 0) is 31.5 Å². The lowest BCUT2D eigenvalue weighted by Crippen LogP contribution is -2.06. The van der Waals surface area contributed by atoms with E-state index in [0.29, 0.717) is 12.4 Å². The molecule has 1 aromatic carbocycles. The molecule has 18 heavy (non-hydrogen) atoms. The predicted molar refractivity (Wildman–Crippen MR) is 69.7 cm³/mol. The molecule has 0 aliphatic rings. The molecule has 0 atom stereocenters. The van der Waals surface area contributed by atoms with E-state index in [1.54, 1.807) is 18.2 Å². The molecule has 0 radical (unpaired) electrons. The van der Waals surface area contributed by atoms with Gasteiger partial charge in [0.2, 0.25) is 0 Å². The number of phenols is 1. The molecule has 2 rings (SSSR count). The quantitative estimate of drug-likeness (QED) is 0.882. The molecule has 0 unspecified atom stereocenters. The normalized spacial score (nSPS) is 10.6. The van der Waals surface area contributed by atoms with Crippen LogP contribution in [0.25, 0.3) is 0 Å². The molecule has 0 saturated heterocycles. The summed E-state index contributed by atoms with van der Waals surface area (Å²) in [4.78, 5) is 0. The van der Waals surface area contributed by atoms with Crippen molar-refractivity contribution in [2.45, 2.75) is 33.4 Å². The second kappa shape index (κ2) is 5.58. The zero-order valence-corrected chi connectivity index (χ0v) is 10.8. The highest BCUT2D eigenvalue weighted by molar-refractivity contribution is 5.31. The average Bonchev–Trinajstić information content (AvgIpc) is 2.79. The topological polar surface area (TPSA) is 47.3 Å². The van der Waals surface area contributed by atoms with Gasteiger partial charge in [0.1, 0.15) is 18.1 Å². The van der Waals surface area contributed by atoms with Crippen LogP contribution in [0.2, 0.25) is 0 Å². The Labute approximate surface area is 107 Å². The number of phenolic OH excluding ortho intramolecular Hbond substituents is 1. The van der Waals surface area contributed by atoms with E-state index in [-0.39, 0.29) is 5.75 Å². The van der Waals surface area contributed by atoms with E-state index in [1.807, 2.05) is 10.7 Å². The van der Waals surface area contributed by atoms with Crippen LogP contribution in [-0.4, -0.2) is 14.9 Å². The van der Waals surface area contributed by atoms with Crippen LogP contribution in [0, 0.1) is 0 Å². The third kappa shape index (κ3) is 2.83. The molecule has 96 valence electrons. The smallest absolute Gasteiger partial charge is 0.130 e. The van der Waals surface area contributed by atoms with Gasteiger partial charge >= 0.3 is 0 Å².